The molecule has 0 amide bonds. The standard InChI is InChI=1S/C3H6Cl2O2/c4-3(5,1-6)2-7/h6-7H,1-2H2. The fourth-order valence-corrected chi connectivity index (χ4v) is 0.0500. The van der Waals surface area contributed by atoms with Crippen molar-refractivity contribution in [2.75, 3.05) is 13.2 Å². The van der Waals surface area contributed by atoms with Crippen LogP contribution in [-0.4, -0.2) is 27.8 Å². The van der Waals surface area contributed by atoms with E-state index in [9.17, 15) is 0 Å². The molecule has 7 heavy (non-hydrogen) atoms. The minimum absolute atomic E-state index is 0.424. The zero-order valence-corrected chi connectivity index (χ0v) is 5.08. The van der Waals surface area contributed by atoms with E-state index in [1.165, 1.54) is 0 Å². The third-order valence-electron chi connectivity index (χ3n) is 0.463. The molecule has 0 aromatic carbocycles. The van der Waals surface area contributed by atoms with Gasteiger partial charge in [0.25, 0.3) is 0 Å². The van der Waals surface area contributed by atoms with Crippen molar-refractivity contribution in [3.8, 4) is 0 Å². The summed E-state index contributed by atoms with van der Waals surface area (Å²) in [5.74, 6) is 0. The molecule has 0 spiro atoms. The molecule has 44 valence electrons. The summed E-state index contributed by atoms with van der Waals surface area (Å²) in [6.45, 7) is -0.848. The molecule has 0 aliphatic heterocycles. The van der Waals surface area contributed by atoms with Crippen LogP contribution < -0.4 is 0 Å². The van der Waals surface area contributed by atoms with E-state index in [0.29, 0.717) is 0 Å². The lowest BCUT2D eigenvalue weighted by Crippen LogP contribution is -2.22. The Bertz CT molecular complexity index is 48.9. The maximum Gasteiger partial charge on any atom is 0.163 e. The number of rotatable bonds is 2. The predicted octanol–water partition coefficient (Wildman–Crippen LogP) is 0.145. The molecule has 4 heteroatoms. The Balaban J connectivity index is 3.36. The van der Waals surface area contributed by atoms with Gasteiger partial charge < -0.3 is 10.2 Å². The zero-order valence-electron chi connectivity index (χ0n) is 3.56. The predicted molar refractivity (Wildman–Crippen MR) is 28.6 cm³/mol. The molecule has 0 bridgehead atoms. The highest BCUT2D eigenvalue weighted by molar-refractivity contribution is 6.48. The quantitative estimate of drug-likeness (QED) is 0.542. The lowest BCUT2D eigenvalue weighted by atomic mass is 10.5. The number of halogens is 2. The van der Waals surface area contributed by atoms with Gasteiger partial charge in [0, 0.05) is 0 Å². The molecule has 0 saturated carbocycles. The molecule has 2 nitrogen and oxygen atoms in total. The molecule has 0 saturated heterocycles. The second kappa shape index (κ2) is 2.72. The summed E-state index contributed by atoms with van der Waals surface area (Å²) in [5.41, 5.74) is 0. The third kappa shape index (κ3) is 3.12. The van der Waals surface area contributed by atoms with Crippen molar-refractivity contribution in [1.29, 1.82) is 0 Å². The van der Waals surface area contributed by atoms with Gasteiger partial charge in [-0.25, -0.2) is 0 Å². The van der Waals surface area contributed by atoms with E-state index in [2.05, 4.69) is 0 Å². The summed E-state index contributed by atoms with van der Waals surface area (Å²) in [6.07, 6.45) is 0. The van der Waals surface area contributed by atoms with Crippen LogP contribution >= 0.6 is 23.2 Å². The monoisotopic (exact) mass is 144 g/mol. The highest BCUT2D eigenvalue weighted by Gasteiger charge is 2.20. The number of alkyl halides is 2. The summed E-state index contributed by atoms with van der Waals surface area (Å²) in [6, 6.07) is 0. The Labute approximate surface area is 51.7 Å². The van der Waals surface area contributed by atoms with E-state index in [1.807, 2.05) is 0 Å². The average molecular weight is 145 g/mol. The van der Waals surface area contributed by atoms with Crippen LogP contribution in [0.5, 0.6) is 0 Å². The number of hydrogen-bond donors (Lipinski definition) is 2. The minimum atomic E-state index is -1.36. The van der Waals surface area contributed by atoms with Crippen LogP contribution in [0.25, 0.3) is 0 Å². The summed E-state index contributed by atoms with van der Waals surface area (Å²) >= 11 is 10.3. The number of hydrogen-bond acceptors (Lipinski definition) is 2. The minimum Gasteiger partial charge on any atom is -0.393 e. The van der Waals surface area contributed by atoms with E-state index in [-0.39, 0.29) is 0 Å². The number of aliphatic hydroxyl groups is 2. The molecule has 2 N–H and O–H groups in total. The van der Waals surface area contributed by atoms with Gasteiger partial charge in [-0.15, -0.1) is 0 Å². The van der Waals surface area contributed by atoms with Crippen molar-refractivity contribution in [3.63, 3.8) is 0 Å². The van der Waals surface area contributed by atoms with Gasteiger partial charge in [-0.05, 0) is 0 Å². The van der Waals surface area contributed by atoms with Crippen LogP contribution in [0, 0.1) is 0 Å². The molecule has 0 unspecified atom stereocenters. The molecule has 0 aromatic rings. The Kier molecular flexibility index (Phi) is 2.92. The largest absolute Gasteiger partial charge is 0.393 e. The first-order valence-corrected chi connectivity index (χ1v) is 2.47. The normalized spacial score (nSPS) is 12.0. The van der Waals surface area contributed by atoms with Gasteiger partial charge >= 0.3 is 0 Å². The maximum absolute atomic E-state index is 8.17. The summed E-state index contributed by atoms with van der Waals surface area (Å²) in [5, 5.41) is 16.3. The van der Waals surface area contributed by atoms with E-state index in [1.54, 1.807) is 0 Å². The molecule has 0 atom stereocenters. The highest BCUT2D eigenvalue weighted by atomic mass is 35.5. The molecular weight excluding hydrogens is 139 g/mol. The van der Waals surface area contributed by atoms with Gasteiger partial charge in [-0.2, -0.15) is 0 Å². The average Bonchev–Trinajstić information content (AvgIpc) is 1.68. The van der Waals surface area contributed by atoms with Crippen LogP contribution in [0.15, 0.2) is 0 Å². The lowest BCUT2D eigenvalue weighted by Gasteiger charge is -2.10. The number of aliphatic hydroxyl groups excluding tert-OH is 2. The molecular formula is C3H6Cl2O2. The lowest BCUT2D eigenvalue weighted by molar-refractivity contribution is 0.208. The van der Waals surface area contributed by atoms with E-state index >= 15 is 0 Å². The van der Waals surface area contributed by atoms with Crippen molar-refractivity contribution >= 4 is 23.2 Å². The molecule has 0 fully saturated rings. The van der Waals surface area contributed by atoms with Crippen molar-refractivity contribution in [2.45, 2.75) is 4.33 Å². The molecule has 0 radical (unpaired) electrons. The van der Waals surface area contributed by atoms with Crippen LogP contribution in [0.2, 0.25) is 0 Å². The summed E-state index contributed by atoms with van der Waals surface area (Å²) in [4.78, 5) is 0. The molecule has 0 aromatic heterocycles. The first-order chi connectivity index (χ1) is 3.12. The third-order valence-corrected chi connectivity index (χ3v) is 0.941. The van der Waals surface area contributed by atoms with Crippen LogP contribution in [-0.2, 0) is 0 Å². The van der Waals surface area contributed by atoms with Crippen molar-refractivity contribution in [2.24, 2.45) is 0 Å². The van der Waals surface area contributed by atoms with Gasteiger partial charge in [-0.1, -0.05) is 23.2 Å². The first kappa shape index (κ1) is 7.50. The van der Waals surface area contributed by atoms with Crippen LogP contribution in [0.4, 0.5) is 0 Å². The maximum atomic E-state index is 8.17. The topological polar surface area (TPSA) is 40.5 Å². The smallest absolute Gasteiger partial charge is 0.163 e. The fourth-order valence-electron chi connectivity index (χ4n) is 0.0500. The summed E-state index contributed by atoms with van der Waals surface area (Å²) < 4.78 is -1.36. The Morgan fingerprint density at radius 3 is 1.43 bits per heavy atom. The zero-order chi connectivity index (χ0) is 5.91. The van der Waals surface area contributed by atoms with Crippen molar-refractivity contribution in [3.05, 3.63) is 0 Å². The second-order valence-electron chi connectivity index (χ2n) is 1.17. The Morgan fingerprint density at radius 1 is 1.14 bits per heavy atom. The fraction of sp³-hybridized carbons (Fsp3) is 1.00. The second-order valence-corrected chi connectivity index (χ2v) is 2.81. The SMILES string of the molecule is OCC(Cl)(Cl)CO. The summed E-state index contributed by atoms with van der Waals surface area (Å²) in [7, 11) is 0. The van der Waals surface area contributed by atoms with E-state index in [0.717, 1.165) is 0 Å². The molecule has 0 heterocycles. The van der Waals surface area contributed by atoms with Crippen molar-refractivity contribution < 1.29 is 10.2 Å². The Hall–Kier alpha value is 0.500. The van der Waals surface area contributed by atoms with Gasteiger partial charge in [0.05, 0.1) is 13.2 Å². The van der Waals surface area contributed by atoms with Gasteiger partial charge in [0.1, 0.15) is 0 Å². The molecule has 0 rings (SSSR count). The van der Waals surface area contributed by atoms with Crippen LogP contribution in [0.1, 0.15) is 0 Å². The Morgan fingerprint density at radius 2 is 1.43 bits per heavy atom. The van der Waals surface area contributed by atoms with E-state index < -0.39 is 17.5 Å². The van der Waals surface area contributed by atoms with Crippen LogP contribution in [0.3, 0.4) is 0 Å². The highest BCUT2D eigenvalue weighted by Crippen LogP contribution is 2.17. The van der Waals surface area contributed by atoms with Gasteiger partial charge in [-0.3, -0.25) is 0 Å². The molecule has 0 aliphatic rings. The van der Waals surface area contributed by atoms with Crippen molar-refractivity contribution in [1.82, 2.24) is 0 Å². The first-order valence-electron chi connectivity index (χ1n) is 1.72. The van der Waals surface area contributed by atoms with Gasteiger partial charge in [0.2, 0.25) is 0 Å². The molecule has 0 aliphatic carbocycles. The van der Waals surface area contributed by atoms with E-state index in [4.69, 9.17) is 33.4 Å². The van der Waals surface area contributed by atoms with Gasteiger partial charge in [0.15, 0.2) is 4.33 Å².